The fraction of sp³-hybridized carbons (Fsp3) is 0.308. The number of benzene rings is 2. The molecule has 2 saturated heterocycles. The summed E-state index contributed by atoms with van der Waals surface area (Å²) in [5, 5.41) is 10.9. The van der Waals surface area contributed by atoms with E-state index in [0.29, 0.717) is 52.5 Å². The number of thioether (sulfide) groups is 1. The van der Waals surface area contributed by atoms with Crippen LogP contribution in [0.3, 0.4) is 0 Å². The topological polar surface area (TPSA) is 109 Å². The smallest absolute Gasteiger partial charge is 0.308 e. The molecule has 2 fully saturated rings. The first kappa shape index (κ1) is 25.2. The molecule has 1 aromatic heterocycles. The lowest BCUT2D eigenvalue weighted by Crippen LogP contribution is -2.43. The van der Waals surface area contributed by atoms with Crippen molar-refractivity contribution in [3.63, 3.8) is 0 Å². The predicted molar refractivity (Wildman–Crippen MR) is 143 cm³/mol. The number of hydrogen-bond acceptors (Lipinski definition) is 8. The minimum atomic E-state index is -0.842. The number of phenolic OH excluding ortho intramolecular Hbond substituents is 1. The van der Waals surface area contributed by atoms with Crippen LogP contribution in [0.15, 0.2) is 58.4 Å². The molecule has 6 rings (SSSR count). The summed E-state index contributed by atoms with van der Waals surface area (Å²) in [6.07, 6.45) is 0. The lowest BCUT2D eigenvalue weighted by atomic mass is 9.82. The van der Waals surface area contributed by atoms with Gasteiger partial charge in [0.25, 0.3) is 0 Å². The van der Waals surface area contributed by atoms with Gasteiger partial charge in [0.2, 0.25) is 17.7 Å². The molecular weight excluding hydrogens is 550 g/mol. The first-order valence-electron chi connectivity index (χ1n) is 12.0. The molecule has 2 unspecified atom stereocenters. The molecule has 3 amide bonds. The van der Waals surface area contributed by atoms with E-state index in [9.17, 15) is 24.3 Å². The van der Waals surface area contributed by atoms with Crippen LogP contribution >= 0.6 is 34.7 Å². The molecule has 3 aliphatic rings. The van der Waals surface area contributed by atoms with Gasteiger partial charge in [0.1, 0.15) is 17.5 Å². The minimum Gasteiger partial charge on any atom is -0.508 e. The van der Waals surface area contributed by atoms with Crippen LogP contribution in [0.25, 0.3) is 0 Å². The molecule has 3 atom stereocenters. The number of nitrogens with zero attached hydrogens (tertiary/aromatic N) is 3. The minimum absolute atomic E-state index is 0.0314. The van der Waals surface area contributed by atoms with Crippen LogP contribution in [0, 0.1) is 5.92 Å². The van der Waals surface area contributed by atoms with Crippen molar-refractivity contribution in [2.45, 2.75) is 22.7 Å². The van der Waals surface area contributed by atoms with Crippen molar-refractivity contribution < 1.29 is 24.2 Å². The van der Waals surface area contributed by atoms with Crippen molar-refractivity contribution in [3.05, 3.63) is 73.7 Å². The highest BCUT2D eigenvalue weighted by Gasteiger charge is 2.57. The summed E-state index contributed by atoms with van der Waals surface area (Å²) >= 11 is 8.11. The number of halogens is 1. The Morgan fingerprint density at radius 1 is 1.03 bits per heavy atom. The number of ether oxygens (including phenoxy) is 1. The molecule has 0 radical (unpaired) electrons. The van der Waals surface area contributed by atoms with E-state index in [1.54, 1.807) is 47.4 Å². The van der Waals surface area contributed by atoms with E-state index in [-0.39, 0.29) is 23.1 Å². The Hall–Kier alpha value is -3.12. The number of carbonyl (C=O) groups excluding carboxylic acids is 3. The molecule has 0 saturated carbocycles. The Balaban J connectivity index is 1.45. The van der Waals surface area contributed by atoms with Gasteiger partial charge < -0.3 is 14.7 Å². The largest absolute Gasteiger partial charge is 0.508 e. The van der Waals surface area contributed by atoms with Crippen LogP contribution in [0.2, 0.25) is 5.02 Å². The van der Waals surface area contributed by atoms with Crippen LogP contribution in [0.4, 0.5) is 5.69 Å². The van der Waals surface area contributed by atoms with Crippen LogP contribution in [-0.4, -0.2) is 63.8 Å². The molecular formula is C26H22ClN3O6S2. The highest BCUT2D eigenvalue weighted by Crippen LogP contribution is 2.55. The van der Waals surface area contributed by atoms with E-state index in [1.165, 1.54) is 10.6 Å². The van der Waals surface area contributed by atoms with Gasteiger partial charge in [-0.3, -0.25) is 23.7 Å². The number of thiazole rings is 1. The molecule has 38 heavy (non-hydrogen) atoms. The molecule has 196 valence electrons. The fourth-order valence-corrected chi connectivity index (χ4v) is 8.12. The Bertz CT molecular complexity index is 1500. The number of carbonyl (C=O) groups is 3. The summed E-state index contributed by atoms with van der Waals surface area (Å²) in [4.78, 5) is 56.8. The normalized spacial score (nSPS) is 22.9. The van der Waals surface area contributed by atoms with Crippen LogP contribution in [0.1, 0.15) is 16.4 Å². The number of anilines is 1. The van der Waals surface area contributed by atoms with E-state index < -0.39 is 28.9 Å². The molecule has 12 heteroatoms. The van der Waals surface area contributed by atoms with Gasteiger partial charge in [0.15, 0.2) is 0 Å². The average molecular weight is 572 g/mol. The van der Waals surface area contributed by atoms with Gasteiger partial charge in [-0.2, -0.15) is 0 Å². The molecule has 4 heterocycles. The van der Waals surface area contributed by atoms with Gasteiger partial charge in [0.05, 0.1) is 29.8 Å². The van der Waals surface area contributed by atoms with E-state index in [1.807, 2.05) is 0 Å². The molecule has 0 bridgehead atoms. The number of fused-ring (bicyclic) bond motifs is 2. The summed E-state index contributed by atoms with van der Waals surface area (Å²) in [5.74, 6) is -2.65. The van der Waals surface area contributed by atoms with Crippen LogP contribution in [0.5, 0.6) is 5.75 Å². The highest BCUT2D eigenvalue weighted by atomic mass is 35.5. The third-order valence-electron chi connectivity index (χ3n) is 7.06. The quantitative estimate of drug-likeness (QED) is 0.480. The van der Waals surface area contributed by atoms with Crippen LogP contribution in [-0.2, 0) is 25.7 Å². The molecule has 3 aromatic rings. The van der Waals surface area contributed by atoms with Crippen molar-refractivity contribution in [2.75, 3.05) is 31.2 Å². The zero-order chi connectivity index (χ0) is 26.6. The maximum absolute atomic E-state index is 13.8. The number of imide groups is 1. The Kier molecular flexibility index (Phi) is 6.55. The number of rotatable bonds is 4. The molecule has 9 nitrogen and oxygen atoms in total. The first-order valence-corrected chi connectivity index (χ1v) is 14.1. The monoisotopic (exact) mass is 571 g/mol. The molecule has 2 aromatic carbocycles. The number of amides is 3. The summed E-state index contributed by atoms with van der Waals surface area (Å²) in [5.41, 5.74) is 0.856. The molecule has 0 spiro atoms. The Morgan fingerprint density at radius 3 is 2.45 bits per heavy atom. The van der Waals surface area contributed by atoms with Gasteiger partial charge >= 0.3 is 4.87 Å². The van der Waals surface area contributed by atoms with Crippen molar-refractivity contribution in [3.8, 4) is 5.75 Å². The van der Waals surface area contributed by atoms with Gasteiger partial charge in [-0.1, -0.05) is 52.9 Å². The number of para-hydroxylation sites is 1. The fourth-order valence-electron chi connectivity index (χ4n) is 5.23. The van der Waals surface area contributed by atoms with E-state index in [4.69, 9.17) is 16.3 Å². The van der Waals surface area contributed by atoms with E-state index in [0.717, 1.165) is 28.0 Å². The summed E-state index contributed by atoms with van der Waals surface area (Å²) in [7, 11) is 0. The van der Waals surface area contributed by atoms with E-state index >= 15 is 0 Å². The van der Waals surface area contributed by atoms with Crippen molar-refractivity contribution in [1.82, 2.24) is 9.47 Å². The van der Waals surface area contributed by atoms with Crippen molar-refractivity contribution >= 4 is 58.1 Å². The van der Waals surface area contributed by atoms with Gasteiger partial charge in [0, 0.05) is 34.5 Å². The second-order valence-electron chi connectivity index (χ2n) is 9.21. The van der Waals surface area contributed by atoms with E-state index in [2.05, 4.69) is 0 Å². The first-order chi connectivity index (χ1) is 18.3. The van der Waals surface area contributed by atoms with Gasteiger partial charge in [-0.25, -0.2) is 4.90 Å². The Morgan fingerprint density at radius 2 is 1.74 bits per heavy atom. The average Bonchev–Trinajstić information content (AvgIpc) is 3.36. The van der Waals surface area contributed by atoms with Crippen molar-refractivity contribution in [2.24, 2.45) is 5.92 Å². The zero-order valence-corrected chi connectivity index (χ0v) is 22.3. The molecule has 1 N–H and O–H groups in total. The third kappa shape index (κ3) is 4.14. The highest BCUT2D eigenvalue weighted by molar-refractivity contribution is 8.00. The molecule has 3 aliphatic heterocycles. The lowest BCUT2D eigenvalue weighted by Gasteiger charge is -2.31. The summed E-state index contributed by atoms with van der Waals surface area (Å²) < 4.78 is 6.72. The van der Waals surface area contributed by atoms with Gasteiger partial charge in [-0.15, -0.1) is 0 Å². The second kappa shape index (κ2) is 9.88. The summed E-state index contributed by atoms with van der Waals surface area (Å²) in [6, 6.07) is 13.1. The van der Waals surface area contributed by atoms with Crippen LogP contribution < -0.4 is 9.77 Å². The lowest BCUT2D eigenvalue weighted by molar-refractivity contribution is -0.136. The number of morpholine rings is 1. The number of hydrogen-bond donors (Lipinski definition) is 1. The maximum Gasteiger partial charge on any atom is 0.308 e. The predicted octanol–water partition coefficient (Wildman–Crippen LogP) is 2.92. The third-order valence-corrected chi connectivity index (χ3v) is 9.92. The Labute approximate surface area is 230 Å². The standard InChI is InChI=1S/C26H22ClN3O6S2/c27-14-5-7-15(8-6-14)30-23(33)20-19(16-3-1-2-4-17(16)31)22-25(37-21(20)24(30)34)29(26(35)38-22)13-18(32)28-9-11-36-12-10-28/h1-8,19-21,31H,9-13H2/t19-,20?,21?/m0/s1. The maximum atomic E-state index is 13.8. The summed E-state index contributed by atoms with van der Waals surface area (Å²) in [6.45, 7) is 1.59. The zero-order valence-electron chi connectivity index (χ0n) is 19.9. The SMILES string of the molecule is O=C(Cn1c2c(sc1=O)[C@@H](c1ccccc1O)C1C(=O)N(c3ccc(Cl)cc3)C(=O)C1S2)N1CCOCC1. The molecule has 0 aliphatic carbocycles. The van der Waals surface area contributed by atoms with Gasteiger partial charge in [-0.05, 0) is 30.3 Å². The number of aromatic hydroxyl groups is 1. The van der Waals surface area contributed by atoms with Crippen molar-refractivity contribution in [1.29, 1.82) is 0 Å². The number of phenols is 1. The second-order valence-corrected chi connectivity index (χ2v) is 11.8. The number of aromatic nitrogens is 1.